The number of thioether (sulfide) groups is 1. The minimum absolute atomic E-state index is 0.699. The van der Waals surface area contributed by atoms with Crippen molar-refractivity contribution in [3.05, 3.63) is 59.7 Å². The van der Waals surface area contributed by atoms with E-state index in [9.17, 15) is 0 Å². The lowest BCUT2D eigenvalue weighted by atomic mass is 10.1. The largest absolute Gasteiger partial charge is 0.497 e. The standard InChI is InChI=1S/C21H23NO2S/c1-15-6-4-7-19-16(2)14-20(22-21(15)19)25-13-5-12-24-18-10-8-17(23-3)9-11-18/h4,6-11,14H,5,12-13H2,1-3H3. The summed E-state index contributed by atoms with van der Waals surface area (Å²) in [5, 5.41) is 2.33. The van der Waals surface area contributed by atoms with E-state index in [-0.39, 0.29) is 0 Å². The first-order chi connectivity index (χ1) is 12.2. The number of fused-ring (bicyclic) bond motifs is 1. The molecule has 0 unspecified atom stereocenters. The average molecular weight is 353 g/mol. The van der Waals surface area contributed by atoms with Crippen LogP contribution in [0.2, 0.25) is 0 Å². The minimum Gasteiger partial charge on any atom is -0.497 e. The summed E-state index contributed by atoms with van der Waals surface area (Å²) >= 11 is 1.79. The summed E-state index contributed by atoms with van der Waals surface area (Å²) in [7, 11) is 1.66. The Bertz CT molecular complexity index is 846. The monoisotopic (exact) mass is 353 g/mol. The fraction of sp³-hybridized carbons (Fsp3) is 0.286. The molecule has 4 heteroatoms. The maximum atomic E-state index is 5.77. The quantitative estimate of drug-likeness (QED) is 0.419. The van der Waals surface area contributed by atoms with Gasteiger partial charge in [0.2, 0.25) is 0 Å². The molecule has 2 aromatic carbocycles. The summed E-state index contributed by atoms with van der Waals surface area (Å²) < 4.78 is 10.9. The molecule has 3 aromatic rings. The van der Waals surface area contributed by atoms with Crippen LogP contribution in [0.1, 0.15) is 17.5 Å². The molecule has 3 nitrogen and oxygen atoms in total. The van der Waals surface area contributed by atoms with Crippen molar-refractivity contribution in [1.29, 1.82) is 0 Å². The molecule has 0 radical (unpaired) electrons. The van der Waals surface area contributed by atoms with Crippen LogP contribution in [0.4, 0.5) is 0 Å². The van der Waals surface area contributed by atoms with Crippen molar-refractivity contribution in [2.75, 3.05) is 19.5 Å². The second kappa shape index (κ2) is 8.26. The Kier molecular flexibility index (Phi) is 5.82. The summed E-state index contributed by atoms with van der Waals surface area (Å²) in [6.45, 7) is 4.97. The predicted octanol–water partition coefficient (Wildman–Crippen LogP) is 5.42. The van der Waals surface area contributed by atoms with Crippen molar-refractivity contribution >= 4 is 22.7 Å². The zero-order chi connectivity index (χ0) is 17.6. The molecule has 0 fully saturated rings. The van der Waals surface area contributed by atoms with Gasteiger partial charge in [0.1, 0.15) is 11.5 Å². The average Bonchev–Trinajstić information content (AvgIpc) is 2.63. The van der Waals surface area contributed by atoms with Gasteiger partial charge in [0.15, 0.2) is 0 Å². The van der Waals surface area contributed by atoms with Crippen LogP contribution in [0.3, 0.4) is 0 Å². The van der Waals surface area contributed by atoms with Gasteiger partial charge in [-0.25, -0.2) is 4.98 Å². The number of pyridine rings is 1. The zero-order valence-electron chi connectivity index (χ0n) is 14.9. The number of ether oxygens (including phenoxy) is 2. The van der Waals surface area contributed by atoms with Gasteiger partial charge in [-0.3, -0.25) is 0 Å². The van der Waals surface area contributed by atoms with E-state index < -0.39 is 0 Å². The maximum absolute atomic E-state index is 5.77. The topological polar surface area (TPSA) is 31.4 Å². The second-order valence-electron chi connectivity index (χ2n) is 5.97. The molecule has 0 saturated carbocycles. The fourth-order valence-corrected chi connectivity index (χ4v) is 3.59. The lowest BCUT2D eigenvalue weighted by Crippen LogP contribution is -1.99. The molecule has 0 atom stereocenters. The van der Waals surface area contributed by atoms with Crippen LogP contribution in [0.5, 0.6) is 11.5 Å². The van der Waals surface area contributed by atoms with E-state index in [1.54, 1.807) is 18.9 Å². The van der Waals surface area contributed by atoms with Crippen molar-refractivity contribution in [2.24, 2.45) is 0 Å². The van der Waals surface area contributed by atoms with Crippen molar-refractivity contribution in [1.82, 2.24) is 4.98 Å². The first-order valence-corrected chi connectivity index (χ1v) is 9.42. The smallest absolute Gasteiger partial charge is 0.119 e. The highest BCUT2D eigenvalue weighted by atomic mass is 32.2. The maximum Gasteiger partial charge on any atom is 0.119 e. The lowest BCUT2D eigenvalue weighted by molar-refractivity contribution is 0.318. The Hall–Kier alpha value is -2.20. The molecule has 1 aromatic heterocycles. The summed E-state index contributed by atoms with van der Waals surface area (Å²) in [5.41, 5.74) is 3.62. The van der Waals surface area contributed by atoms with Crippen LogP contribution >= 0.6 is 11.8 Å². The molecular formula is C21H23NO2S. The van der Waals surface area contributed by atoms with E-state index in [0.29, 0.717) is 6.61 Å². The molecule has 130 valence electrons. The third-order valence-corrected chi connectivity index (χ3v) is 5.09. The highest BCUT2D eigenvalue weighted by Crippen LogP contribution is 2.26. The van der Waals surface area contributed by atoms with Gasteiger partial charge < -0.3 is 9.47 Å². The molecule has 0 aliphatic rings. The number of hydrogen-bond donors (Lipinski definition) is 0. The summed E-state index contributed by atoms with van der Waals surface area (Å²) in [4.78, 5) is 4.82. The van der Waals surface area contributed by atoms with Gasteiger partial charge in [0.05, 0.1) is 24.3 Å². The van der Waals surface area contributed by atoms with Gasteiger partial charge in [-0.15, -0.1) is 11.8 Å². The molecule has 0 aliphatic heterocycles. The Balaban J connectivity index is 1.52. The molecule has 0 bridgehead atoms. The van der Waals surface area contributed by atoms with Crippen LogP contribution in [-0.4, -0.2) is 24.5 Å². The molecule has 1 heterocycles. The number of nitrogens with zero attached hydrogens (tertiary/aromatic N) is 1. The van der Waals surface area contributed by atoms with Crippen LogP contribution in [0.25, 0.3) is 10.9 Å². The molecule has 0 spiro atoms. The molecule has 3 rings (SSSR count). The lowest BCUT2D eigenvalue weighted by Gasteiger charge is -2.09. The third kappa shape index (κ3) is 4.45. The molecule has 25 heavy (non-hydrogen) atoms. The first kappa shape index (κ1) is 17.6. The normalized spacial score (nSPS) is 10.8. The highest BCUT2D eigenvalue weighted by molar-refractivity contribution is 7.99. The van der Waals surface area contributed by atoms with Crippen molar-refractivity contribution in [3.8, 4) is 11.5 Å². The predicted molar refractivity (Wildman–Crippen MR) is 105 cm³/mol. The van der Waals surface area contributed by atoms with E-state index in [0.717, 1.165) is 34.2 Å². The van der Waals surface area contributed by atoms with Gasteiger partial charge in [-0.1, -0.05) is 18.2 Å². The van der Waals surface area contributed by atoms with E-state index in [1.807, 2.05) is 24.3 Å². The second-order valence-corrected chi connectivity index (χ2v) is 7.09. The first-order valence-electron chi connectivity index (χ1n) is 8.44. The Morgan fingerprint density at radius 1 is 0.960 bits per heavy atom. The van der Waals surface area contributed by atoms with E-state index in [1.165, 1.54) is 16.5 Å². The third-order valence-electron chi connectivity index (χ3n) is 4.09. The van der Waals surface area contributed by atoms with Gasteiger partial charge >= 0.3 is 0 Å². The molecular weight excluding hydrogens is 330 g/mol. The fourth-order valence-electron chi connectivity index (χ4n) is 2.70. The van der Waals surface area contributed by atoms with E-state index in [2.05, 4.69) is 38.1 Å². The van der Waals surface area contributed by atoms with Crippen molar-refractivity contribution in [3.63, 3.8) is 0 Å². The van der Waals surface area contributed by atoms with E-state index >= 15 is 0 Å². The Morgan fingerprint density at radius 2 is 1.72 bits per heavy atom. The Morgan fingerprint density at radius 3 is 2.48 bits per heavy atom. The number of aryl methyl sites for hydroxylation is 2. The Labute approximate surface area is 153 Å². The number of aromatic nitrogens is 1. The highest BCUT2D eigenvalue weighted by Gasteiger charge is 2.05. The van der Waals surface area contributed by atoms with Crippen LogP contribution in [-0.2, 0) is 0 Å². The zero-order valence-corrected chi connectivity index (χ0v) is 15.7. The van der Waals surface area contributed by atoms with Crippen molar-refractivity contribution in [2.45, 2.75) is 25.3 Å². The summed E-state index contributed by atoms with van der Waals surface area (Å²) in [5.74, 6) is 2.71. The van der Waals surface area contributed by atoms with Gasteiger partial charge in [-0.2, -0.15) is 0 Å². The van der Waals surface area contributed by atoms with Gasteiger partial charge in [0, 0.05) is 11.1 Å². The SMILES string of the molecule is COc1ccc(OCCCSc2cc(C)c3cccc(C)c3n2)cc1. The van der Waals surface area contributed by atoms with Gasteiger partial charge in [0.25, 0.3) is 0 Å². The number of benzene rings is 2. The molecule has 0 saturated heterocycles. The molecule has 0 N–H and O–H groups in total. The molecule has 0 aliphatic carbocycles. The van der Waals surface area contributed by atoms with Crippen LogP contribution in [0.15, 0.2) is 53.6 Å². The number of hydrogen-bond acceptors (Lipinski definition) is 4. The number of rotatable bonds is 7. The number of para-hydroxylation sites is 1. The summed E-state index contributed by atoms with van der Waals surface area (Å²) in [6, 6.07) is 16.2. The van der Waals surface area contributed by atoms with E-state index in [4.69, 9.17) is 14.5 Å². The van der Waals surface area contributed by atoms with Crippen LogP contribution in [0, 0.1) is 13.8 Å². The van der Waals surface area contributed by atoms with Gasteiger partial charge in [-0.05, 0) is 61.7 Å². The number of methoxy groups -OCH3 is 1. The van der Waals surface area contributed by atoms with Crippen LogP contribution < -0.4 is 9.47 Å². The summed E-state index contributed by atoms with van der Waals surface area (Å²) in [6.07, 6.45) is 0.975. The minimum atomic E-state index is 0.699. The molecule has 0 amide bonds. The van der Waals surface area contributed by atoms with Crippen molar-refractivity contribution < 1.29 is 9.47 Å².